The Morgan fingerprint density at radius 3 is 2.51 bits per heavy atom. The number of carbonyl (C=O) groups excluding carboxylic acids is 3. The number of rotatable bonds is 15. The van der Waals surface area contributed by atoms with Crippen molar-refractivity contribution in [2.24, 2.45) is 0 Å². The number of hydrogen-bond acceptors (Lipinski definition) is 10. The summed E-state index contributed by atoms with van der Waals surface area (Å²) in [5.41, 5.74) is 1.09. The van der Waals surface area contributed by atoms with Crippen molar-refractivity contribution in [1.82, 2.24) is 15.3 Å². The molecule has 3 atom stereocenters. The van der Waals surface area contributed by atoms with Gasteiger partial charge in [-0.15, -0.1) is 10.1 Å². The summed E-state index contributed by atoms with van der Waals surface area (Å²) in [6.07, 6.45) is 5.33. The van der Waals surface area contributed by atoms with E-state index in [0.29, 0.717) is 58.0 Å². The van der Waals surface area contributed by atoms with Crippen LogP contribution in [-0.4, -0.2) is 84.0 Å². The minimum atomic E-state index is -0.826. The minimum Gasteiger partial charge on any atom is -0.465 e. The largest absolute Gasteiger partial charge is 0.465 e. The van der Waals surface area contributed by atoms with Crippen molar-refractivity contribution in [3.05, 3.63) is 46.0 Å². The van der Waals surface area contributed by atoms with E-state index >= 15 is 0 Å². The van der Waals surface area contributed by atoms with Gasteiger partial charge in [-0.3, -0.25) is 19.9 Å². The molecule has 0 bridgehead atoms. The SMILES string of the molecule is CCOC(=O)C(CCc1ccccc1)NC1CCCN2CCCC(C(=O)OCCCCCO[N+](=O)[O-])N2C1=O. The van der Waals surface area contributed by atoms with E-state index in [1.165, 1.54) is 0 Å². The van der Waals surface area contributed by atoms with E-state index in [9.17, 15) is 24.5 Å². The third-order valence-corrected chi connectivity index (χ3v) is 6.97. The van der Waals surface area contributed by atoms with E-state index in [0.717, 1.165) is 18.4 Å². The summed E-state index contributed by atoms with van der Waals surface area (Å²) in [5.74, 6) is -1.08. The number of amides is 1. The van der Waals surface area contributed by atoms with E-state index in [4.69, 9.17) is 9.47 Å². The Labute approximate surface area is 229 Å². The van der Waals surface area contributed by atoms with Crippen molar-refractivity contribution >= 4 is 17.8 Å². The number of ether oxygens (including phenoxy) is 2. The van der Waals surface area contributed by atoms with Crippen LogP contribution in [0, 0.1) is 10.1 Å². The Kier molecular flexibility index (Phi) is 12.4. The first-order valence-electron chi connectivity index (χ1n) is 13.9. The summed E-state index contributed by atoms with van der Waals surface area (Å²) in [7, 11) is 0. The molecule has 3 unspecified atom stereocenters. The Hall–Kier alpha value is -3.25. The predicted molar refractivity (Wildman–Crippen MR) is 141 cm³/mol. The second kappa shape index (κ2) is 16.0. The number of esters is 2. The molecule has 39 heavy (non-hydrogen) atoms. The molecular weight excluding hydrogens is 508 g/mol. The van der Waals surface area contributed by atoms with Gasteiger partial charge in [-0.2, -0.15) is 0 Å². The smallest absolute Gasteiger partial charge is 0.330 e. The predicted octanol–water partition coefficient (Wildman–Crippen LogP) is 2.43. The van der Waals surface area contributed by atoms with Gasteiger partial charge in [0.15, 0.2) is 0 Å². The molecule has 1 aromatic carbocycles. The summed E-state index contributed by atoms with van der Waals surface area (Å²) in [5, 5.41) is 16.1. The number of fused-ring (bicyclic) bond motifs is 1. The van der Waals surface area contributed by atoms with Crippen molar-refractivity contribution < 1.29 is 33.8 Å². The Morgan fingerprint density at radius 2 is 1.79 bits per heavy atom. The highest BCUT2D eigenvalue weighted by Crippen LogP contribution is 2.25. The van der Waals surface area contributed by atoms with Gasteiger partial charge in [0, 0.05) is 13.1 Å². The molecule has 12 heteroatoms. The van der Waals surface area contributed by atoms with E-state index in [1.807, 2.05) is 35.3 Å². The number of unbranched alkanes of at least 4 members (excludes halogenated alkanes) is 2. The highest BCUT2D eigenvalue weighted by molar-refractivity contribution is 5.88. The van der Waals surface area contributed by atoms with E-state index in [2.05, 4.69) is 10.2 Å². The summed E-state index contributed by atoms with van der Waals surface area (Å²) in [4.78, 5) is 54.1. The molecule has 2 fully saturated rings. The molecule has 0 radical (unpaired) electrons. The van der Waals surface area contributed by atoms with Crippen LogP contribution in [0.3, 0.4) is 0 Å². The summed E-state index contributed by atoms with van der Waals surface area (Å²) in [6.45, 7) is 3.49. The van der Waals surface area contributed by atoms with Crippen molar-refractivity contribution in [2.75, 3.05) is 32.9 Å². The molecule has 1 amide bonds. The zero-order valence-corrected chi connectivity index (χ0v) is 22.6. The minimum absolute atomic E-state index is 0.00728. The second-order valence-corrected chi connectivity index (χ2v) is 9.77. The maximum absolute atomic E-state index is 13.8. The second-order valence-electron chi connectivity index (χ2n) is 9.77. The average molecular weight is 549 g/mol. The van der Waals surface area contributed by atoms with Crippen LogP contribution in [0.15, 0.2) is 30.3 Å². The van der Waals surface area contributed by atoms with Gasteiger partial charge in [0.25, 0.3) is 11.0 Å². The van der Waals surface area contributed by atoms with Crippen molar-refractivity contribution in [2.45, 2.75) is 82.8 Å². The topological polar surface area (TPSA) is 141 Å². The molecule has 216 valence electrons. The highest BCUT2D eigenvalue weighted by atomic mass is 16.9. The zero-order valence-electron chi connectivity index (χ0n) is 22.6. The van der Waals surface area contributed by atoms with Gasteiger partial charge in [-0.1, -0.05) is 30.3 Å². The van der Waals surface area contributed by atoms with Gasteiger partial charge in [-0.05, 0) is 70.3 Å². The highest BCUT2D eigenvalue weighted by Gasteiger charge is 2.43. The van der Waals surface area contributed by atoms with E-state index in [-0.39, 0.29) is 31.7 Å². The van der Waals surface area contributed by atoms with Gasteiger partial charge in [0.1, 0.15) is 12.1 Å². The molecular formula is C27H40N4O8. The molecule has 12 nitrogen and oxygen atoms in total. The number of hydrazine groups is 1. The summed E-state index contributed by atoms with van der Waals surface area (Å²) in [6, 6.07) is 7.84. The van der Waals surface area contributed by atoms with Crippen molar-refractivity contribution in [3.8, 4) is 0 Å². The molecule has 0 aromatic heterocycles. The number of hydrogen-bond donors (Lipinski definition) is 1. The molecule has 0 aliphatic carbocycles. The third-order valence-electron chi connectivity index (χ3n) is 6.97. The van der Waals surface area contributed by atoms with Crippen LogP contribution in [0.4, 0.5) is 0 Å². The Morgan fingerprint density at radius 1 is 1.08 bits per heavy atom. The lowest BCUT2D eigenvalue weighted by Crippen LogP contribution is -2.62. The van der Waals surface area contributed by atoms with Gasteiger partial charge < -0.3 is 14.3 Å². The Bertz CT molecular complexity index is 947. The lowest BCUT2D eigenvalue weighted by molar-refractivity contribution is -0.757. The number of nitrogens with one attached hydrogen (secondary N) is 1. The number of nitrogens with zero attached hydrogens (tertiary/aromatic N) is 3. The molecule has 2 aliphatic heterocycles. The average Bonchev–Trinajstić information content (AvgIpc) is 3.09. The molecule has 1 aromatic rings. The van der Waals surface area contributed by atoms with Crippen LogP contribution in [0.5, 0.6) is 0 Å². The fourth-order valence-corrected chi connectivity index (χ4v) is 5.04. The molecule has 2 heterocycles. The van der Waals surface area contributed by atoms with Crippen LogP contribution in [0.2, 0.25) is 0 Å². The summed E-state index contributed by atoms with van der Waals surface area (Å²) >= 11 is 0. The maximum Gasteiger partial charge on any atom is 0.330 e. The molecule has 2 saturated heterocycles. The molecule has 3 rings (SSSR count). The number of carbonyl (C=O) groups is 3. The zero-order chi connectivity index (χ0) is 28.0. The van der Waals surface area contributed by atoms with Gasteiger partial charge in [-0.25, -0.2) is 9.80 Å². The van der Waals surface area contributed by atoms with Crippen LogP contribution >= 0.6 is 0 Å². The molecule has 1 N–H and O–H groups in total. The first kappa shape index (κ1) is 30.3. The maximum atomic E-state index is 13.8. The van der Waals surface area contributed by atoms with Gasteiger partial charge >= 0.3 is 11.9 Å². The lowest BCUT2D eigenvalue weighted by atomic mass is 10.0. The molecule has 0 spiro atoms. The van der Waals surface area contributed by atoms with Crippen LogP contribution < -0.4 is 5.32 Å². The molecule has 0 saturated carbocycles. The normalized spacial score (nSPS) is 20.4. The lowest BCUT2D eigenvalue weighted by Gasteiger charge is -2.42. The van der Waals surface area contributed by atoms with E-state index in [1.54, 1.807) is 11.9 Å². The van der Waals surface area contributed by atoms with Crippen molar-refractivity contribution in [1.29, 1.82) is 0 Å². The monoisotopic (exact) mass is 548 g/mol. The van der Waals surface area contributed by atoms with Crippen molar-refractivity contribution in [3.63, 3.8) is 0 Å². The van der Waals surface area contributed by atoms with Gasteiger partial charge in [0.05, 0.1) is 25.9 Å². The third kappa shape index (κ3) is 9.47. The fourth-order valence-electron chi connectivity index (χ4n) is 5.04. The first-order valence-corrected chi connectivity index (χ1v) is 13.9. The number of aryl methyl sites for hydroxylation is 1. The fraction of sp³-hybridized carbons (Fsp3) is 0.667. The van der Waals surface area contributed by atoms with Crippen LogP contribution in [0.25, 0.3) is 0 Å². The molecule has 2 aliphatic rings. The van der Waals surface area contributed by atoms with E-state index < -0.39 is 29.2 Å². The first-order chi connectivity index (χ1) is 18.9. The number of benzene rings is 1. The quantitative estimate of drug-likeness (QED) is 0.150. The van der Waals surface area contributed by atoms with Crippen LogP contribution in [0.1, 0.15) is 63.9 Å². The van der Waals surface area contributed by atoms with Crippen LogP contribution in [-0.2, 0) is 35.1 Å². The van der Waals surface area contributed by atoms with Gasteiger partial charge in [0.2, 0.25) is 0 Å². The Balaban J connectivity index is 1.61. The summed E-state index contributed by atoms with van der Waals surface area (Å²) < 4.78 is 10.8. The standard InChI is InChI=1S/C27H40N4O8/c1-2-37-26(33)23(16-15-21-11-5-3-6-12-21)28-22-13-9-17-29-18-10-14-24(30(29)25(22)32)27(34)38-19-7-4-8-20-39-31(35)36/h3,5-6,11-12,22-24,28H,2,4,7-10,13-20H2,1H3.